The quantitative estimate of drug-likeness (QED) is 0.791. The zero-order valence-electron chi connectivity index (χ0n) is 15.8. The van der Waals surface area contributed by atoms with Gasteiger partial charge in [-0.3, -0.25) is 9.10 Å². The normalized spacial score (nSPS) is 14.1. The maximum Gasteiger partial charge on any atom is 0.265 e. The molecule has 1 aliphatic heterocycles. The van der Waals surface area contributed by atoms with Crippen molar-refractivity contribution in [1.29, 1.82) is 0 Å². The van der Waals surface area contributed by atoms with Gasteiger partial charge in [0.1, 0.15) is 19.0 Å². The van der Waals surface area contributed by atoms with Gasteiger partial charge in [-0.1, -0.05) is 0 Å². The van der Waals surface area contributed by atoms with Crippen LogP contribution >= 0.6 is 0 Å². The number of nitrogens with one attached hydrogen (secondary N) is 1. The van der Waals surface area contributed by atoms with Gasteiger partial charge in [0, 0.05) is 18.8 Å². The molecule has 1 amide bonds. The van der Waals surface area contributed by atoms with Gasteiger partial charge < -0.3 is 19.5 Å². The third kappa shape index (κ3) is 4.66. The van der Waals surface area contributed by atoms with E-state index in [1.54, 1.807) is 49.4 Å². The van der Waals surface area contributed by atoms with E-state index in [4.69, 9.17) is 14.2 Å². The van der Waals surface area contributed by atoms with Crippen molar-refractivity contribution in [2.75, 3.05) is 36.1 Å². The number of anilines is 2. The highest BCUT2D eigenvalue weighted by Gasteiger charge is 2.18. The third-order valence-electron chi connectivity index (χ3n) is 4.19. The molecule has 9 heteroatoms. The van der Waals surface area contributed by atoms with Crippen molar-refractivity contribution >= 4 is 27.3 Å². The molecule has 28 heavy (non-hydrogen) atoms. The van der Waals surface area contributed by atoms with E-state index in [1.165, 1.54) is 7.05 Å². The summed E-state index contributed by atoms with van der Waals surface area (Å²) < 4.78 is 40.9. The van der Waals surface area contributed by atoms with Crippen molar-refractivity contribution in [3.05, 3.63) is 42.5 Å². The lowest BCUT2D eigenvalue weighted by Gasteiger charge is -2.20. The summed E-state index contributed by atoms with van der Waals surface area (Å²) in [5.41, 5.74) is 1.08. The van der Waals surface area contributed by atoms with E-state index in [1.807, 2.05) is 0 Å². The van der Waals surface area contributed by atoms with Gasteiger partial charge in [0.15, 0.2) is 17.6 Å². The predicted molar refractivity (Wildman–Crippen MR) is 106 cm³/mol. The van der Waals surface area contributed by atoms with Crippen LogP contribution in [0.4, 0.5) is 11.4 Å². The summed E-state index contributed by atoms with van der Waals surface area (Å²) in [4.78, 5) is 12.4. The molecule has 1 heterocycles. The molecule has 0 unspecified atom stereocenters. The maximum absolute atomic E-state index is 12.4. The van der Waals surface area contributed by atoms with Gasteiger partial charge in [-0.05, 0) is 43.3 Å². The van der Waals surface area contributed by atoms with Gasteiger partial charge in [-0.2, -0.15) is 0 Å². The Labute approximate surface area is 164 Å². The van der Waals surface area contributed by atoms with E-state index in [-0.39, 0.29) is 5.91 Å². The minimum absolute atomic E-state index is 0.325. The van der Waals surface area contributed by atoms with Crippen molar-refractivity contribution in [2.24, 2.45) is 0 Å². The fraction of sp³-hybridized carbons (Fsp3) is 0.316. The third-order valence-corrected chi connectivity index (χ3v) is 5.40. The number of hydrogen-bond donors (Lipinski definition) is 1. The second kappa shape index (κ2) is 7.97. The second-order valence-electron chi connectivity index (χ2n) is 6.33. The summed E-state index contributed by atoms with van der Waals surface area (Å²) in [5, 5.41) is 2.77. The highest BCUT2D eigenvalue weighted by Crippen LogP contribution is 2.32. The molecule has 1 N–H and O–H groups in total. The molecule has 0 bridgehead atoms. The standard InChI is InChI=1S/C19H22N2O6S/c1-13(27-16-7-5-15(6-8-16)21(2)28(3,23)24)19(22)20-14-4-9-17-18(12-14)26-11-10-25-17/h4-9,12-13H,10-11H2,1-3H3,(H,20,22)/t13-/m0/s1. The molecule has 0 fully saturated rings. The molecule has 0 saturated carbocycles. The first-order chi connectivity index (χ1) is 13.2. The molecular weight excluding hydrogens is 384 g/mol. The van der Waals surface area contributed by atoms with E-state index in [2.05, 4.69) is 5.32 Å². The average molecular weight is 406 g/mol. The fourth-order valence-corrected chi connectivity index (χ4v) is 3.05. The first-order valence-corrected chi connectivity index (χ1v) is 10.5. The molecule has 0 spiro atoms. The van der Waals surface area contributed by atoms with Crippen LogP contribution in [-0.4, -0.2) is 46.9 Å². The zero-order chi connectivity index (χ0) is 20.3. The minimum atomic E-state index is -3.34. The summed E-state index contributed by atoms with van der Waals surface area (Å²) in [6.45, 7) is 2.60. The number of amides is 1. The first-order valence-electron chi connectivity index (χ1n) is 8.65. The van der Waals surface area contributed by atoms with Crippen LogP contribution in [0.25, 0.3) is 0 Å². The molecule has 8 nitrogen and oxygen atoms in total. The van der Waals surface area contributed by atoms with Crippen LogP contribution in [0.5, 0.6) is 17.2 Å². The number of fused-ring (bicyclic) bond motifs is 1. The van der Waals surface area contributed by atoms with Gasteiger partial charge in [0.2, 0.25) is 10.0 Å². The van der Waals surface area contributed by atoms with Crippen LogP contribution in [0.1, 0.15) is 6.92 Å². The van der Waals surface area contributed by atoms with E-state index >= 15 is 0 Å². The molecule has 0 aromatic heterocycles. The topological polar surface area (TPSA) is 94.2 Å². The highest BCUT2D eigenvalue weighted by molar-refractivity contribution is 7.92. The SMILES string of the molecule is C[C@H](Oc1ccc(N(C)S(C)(=O)=O)cc1)C(=O)Nc1ccc2c(c1)OCCO2. The van der Waals surface area contributed by atoms with E-state index in [0.29, 0.717) is 41.8 Å². The Morgan fingerprint density at radius 1 is 1.11 bits per heavy atom. The summed E-state index contributed by atoms with van der Waals surface area (Å²) in [6, 6.07) is 11.6. The van der Waals surface area contributed by atoms with Crippen LogP contribution in [-0.2, 0) is 14.8 Å². The fourth-order valence-electron chi connectivity index (χ4n) is 2.55. The Balaban J connectivity index is 1.61. The maximum atomic E-state index is 12.4. The van der Waals surface area contributed by atoms with Crippen LogP contribution in [0.2, 0.25) is 0 Å². The Bertz CT molecular complexity index is 959. The molecule has 0 aliphatic carbocycles. The van der Waals surface area contributed by atoms with Crippen LogP contribution in [0.3, 0.4) is 0 Å². The van der Waals surface area contributed by atoms with Crippen LogP contribution in [0.15, 0.2) is 42.5 Å². The lowest BCUT2D eigenvalue weighted by Crippen LogP contribution is -2.30. The molecule has 0 saturated heterocycles. The van der Waals surface area contributed by atoms with Crippen molar-refractivity contribution in [1.82, 2.24) is 0 Å². The molecule has 2 aromatic carbocycles. The molecule has 150 valence electrons. The minimum Gasteiger partial charge on any atom is -0.486 e. The number of nitrogens with zero attached hydrogens (tertiary/aromatic N) is 1. The first kappa shape index (κ1) is 19.8. The van der Waals surface area contributed by atoms with Gasteiger partial charge >= 0.3 is 0 Å². The number of ether oxygens (including phenoxy) is 3. The van der Waals surface area contributed by atoms with E-state index in [0.717, 1.165) is 10.6 Å². The van der Waals surface area contributed by atoms with E-state index < -0.39 is 16.1 Å². The molecule has 1 aliphatic rings. The number of benzene rings is 2. The van der Waals surface area contributed by atoms with Crippen molar-refractivity contribution in [3.63, 3.8) is 0 Å². The van der Waals surface area contributed by atoms with Crippen LogP contribution in [0, 0.1) is 0 Å². The number of carbonyl (C=O) groups is 1. The lowest BCUT2D eigenvalue weighted by molar-refractivity contribution is -0.122. The van der Waals surface area contributed by atoms with Crippen molar-refractivity contribution < 1.29 is 27.4 Å². The summed E-state index contributed by atoms with van der Waals surface area (Å²) in [5.74, 6) is 1.36. The smallest absolute Gasteiger partial charge is 0.265 e. The van der Waals surface area contributed by atoms with Crippen molar-refractivity contribution in [3.8, 4) is 17.2 Å². The molecule has 2 aromatic rings. The molecular formula is C19H22N2O6S. The molecule has 3 rings (SSSR count). The second-order valence-corrected chi connectivity index (χ2v) is 8.35. The van der Waals surface area contributed by atoms with Gasteiger partial charge in [-0.25, -0.2) is 8.42 Å². The number of carbonyl (C=O) groups excluding carboxylic acids is 1. The number of sulfonamides is 1. The van der Waals surface area contributed by atoms with Crippen molar-refractivity contribution in [2.45, 2.75) is 13.0 Å². The summed E-state index contributed by atoms with van der Waals surface area (Å²) >= 11 is 0. The Kier molecular flexibility index (Phi) is 5.64. The number of rotatable bonds is 6. The van der Waals surface area contributed by atoms with Gasteiger partial charge in [-0.15, -0.1) is 0 Å². The lowest BCUT2D eigenvalue weighted by atomic mass is 10.2. The molecule has 1 atom stereocenters. The summed E-state index contributed by atoms with van der Waals surface area (Å²) in [6.07, 6.45) is 0.369. The van der Waals surface area contributed by atoms with Gasteiger partial charge in [0.25, 0.3) is 5.91 Å². The predicted octanol–water partition coefficient (Wildman–Crippen LogP) is 2.26. The monoisotopic (exact) mass is 406 g/mol. The Morgan fingerprint density at radius 3 is 2.39 bits per heavy atom. The van der Waals surface area contributed by atoms with Gasteiger partial charge in [0.05, 0.1) is 11.9 Å². The molecule has 0 radical (unpaired) electrons. The Morgan fingerprint density at radius 2 is 1.75 bits per heavy atom. The zero-order valence-corrected chi connectivity index (χ0v) is 16.7. The average Bonchev–Trinajstić information content (AvgIpc) is 2.67. The van der Waals surface area contributed by atoms with E-state index in [9.17, 15) is 13.2 Å². The van der Waals surface area contributed by atoms with Crippen LogP contribution < -0.4 is 23.8 Å². The Hall–Kier alpha value is -2.94. The number of hydrogen-bond acceptors (Lipinski definition) is 6. The summed E-state index contributed by atoms with van der Waals surface area (Å²) in [7, 11) is -1.87. The largest absolute Gasteiger partial charge is 0.486 e. The highest BCUT2D eigenvalue weighted by atomic mass is 32.2.